The number of rotatable bonds is 4. The number of ketones is 1. The third-order valence-corrected chi connectivity index (χ3v) is 6.22. The maximum Gasteiger partial charge on any atom is 0.303 e. The highest BCUT2D eigenvalue weighted by Gasteiger charge is 2.52. The summed E-state index contributed by atoms with van der Waals surface area (Å²) in [6.45, 7) is -0.165. The number of carbonyl (C=O) groups excluding carboxylic acids is 2. The second-order valence-corrected chi connectivity index (χ2v) is 8.31. The zero-order valence-corrected chi connectivity index (χ0v) is 18.0. The molecule has 0 saturated carbocycles. The van der Waals surface area contributed by atoms with Gasteiger partial charge in [-0.3, -0.25) is 9.59 Å². The first-order chi connectivity index (χ1) is 16.1. The molecule has 1 saturated heterocycles. The Kier molecular flexibility index (Phi) is 6.23. The Balaban J connectivity index is 1.98. The summed E-state index contributed by atoms with van der Waals surface area (Å²) in [5, 5.41) is 72.7. The van der Waals surface area contributed by atoms with E-state index < -0.39 is 78.7 Å². The van der Waals surface area contributed by atoms with Gasteiger partial charge >= 0.3 is 5.97 Å². The summed E-state index contributed by atoms with van der Waals surface area (Å²) in [6.07, 6.45) is -7.61. The summed E-state index contributed by atoms with van der Waals surface area (Å²) < 4.78 is 10.9. The molecule has 0 amide bonds. The van der Waals surface area contributed by atoms with E-state index in [9.17, 15) is 45.3 Å². The molecule has 2 aromatic carbocycles. The van der Waals surface area contributed by atoms with Gasteiger partial charge in [-0.2, -0.15) is 0 Å². The average Bonchev–Trinajstić information content (AvgIpc) is 2.79. The second-order valence-electron chi connectivity index (χ2n) is 8.31. The largest absolute Gasteiger partial charge is 0.508 e. The molecule has 0 spiro atoms. The highest BCUT2D eigenvalue weighted by atomic mass is 16.6. The Hall–Kier alpha value is -3.22. The van der Waals surface area contributed by atoms with Crippen LogP contribution in [0.15, 0.2) is 24.3 Å². The average molecular weight is 476 g/mol. The van der Waals surface area contributed by atoms with E-state index in [2.05, 4.69) is 0 Å². The first-order valence-electron chi connectivity index (χ1n) is 10.5. The van der Waals surface area contributed by atoms with Crippen LogP contribution in [0.4, 0.5) is 0 Å². The molecule has 0 radical (unpaired) electrons. The van der Waals surface area contributed by atoms with Gasteiger partial charge in [0.2, 0.25) is 5.78 Å². The predicted molar refractivity (Wildman–Crippen MR) is 112 cm³/mol. The van der Waals surface area contributed by atoms with Crippen molar-refractivity contribution in [2.75, 3.05) is 6.61 Å². The Bertz CT molecular complexity index is 1140. The molecular formula is C23H24O11. The minimum atomic E-state index is -1.72. The lowest BCUT2D eigenvalue weighted by Gasteiger charge is -2.46. The molecule has 1 heterocycles. The smallest absolute Gasteiger partial charge is 0.303 e. The monoisotopic (exact) mass is 476 g/mol. The second kappa shape index (κ2) is 8.85. The van der Waals surface area contributed by atoms with Crippen molar-refractivity contribution in [1.82, 2.24) is 0 Å². The van der Waals surface area contributed by atoms with E-state index in [0.29, 0.717) is 0 Å². The van der Waals surface area contributed by atoms with Crippen LogP contribution in [0.5, 0.6) is 17.2 Å². The maximum absolute atomic E-state index is 13.2. The van der Waals surface area contributed by atoms with Crippen LogP contribution in [0.25, 0.3) is 0 Å². The van der Waals surface area contributed by atoms with Crippen molar-refractivity contribution < 1.29 is 54.8 Å². The molecule has 6 atom stereocenters. The zero-order valence-electron chi connectivity index (χ0n) is 18.0. The number of carbonyl (C=O) groups is 2. The van der Waals surface area contributed by atoms with Crippen LogP contribution in [0, 0.1) is 0 Å². The molecule has 7 N–H and O–H groups in total. The number of ether oxygens (including phenoxy) is 2. The molecule has 11 nitrogen and oxygen atoms in total. The fourth-order valence-corrected chi connectivity index (χ4v) is 4.79. The Morgan fingerprint density at radius 3 is 2.29 bits per heavy atom. The van der Waals surface area contributed by atoms with Crippen molar-refractivity contribution in [2.24, 2.45) is 0 Å². The standard InChI is InChI=1S/C23H24O11/c1-8(26)33-23-19(30)14(7-25)34-22(21(23)32)16-10-4-9(6-24)5-13(29)15(10)20(31)18-12(28)3-2-11(27)17(16)18/h2-5,14,16,19,21-25,27-30,32H,6-7H2,1H3/t14-,16-,19-,21+,22+,23+/m1/s1. The molecule has 0 aromatic heterocycles. The molecule has 0 unspecified atom stereocenters. The van der Waals surface area contributed by atoms with Gasteiger partial charge in [-0.15, -0.1) is 0 Å². The molecular weight excluding hydrogens is 452 g/mol. The number of esters is 1. The number of hydrogen-bond donors (Lipinski definition) is 7. The van der Waals surface area contributed by atoms with Crippen LogP contribution in [0.3, 0.4) is 0 Å². The van der Waals surface area contributed by atoms with E-state index in [-0.39, 0.29) is 27.8 Å². The van der Waals surface area contributed by atoms with Gasteiger partial charge in [-0.25, -0.2) is 0 Å². The normalized spacial score (nSPS) is 28.2. The Labute approximate surface area is 193 Å². The SMILES string of the molecule is CC(=O)O[C@@H]1[C@@H](O)[C@H]([C@@H]2c3cc(CO)cc(O)c3C(=O)c3c(O)ccc(O)c32)O[C@H](CO)[C@H]1O. The number of aliphatic hydroxyl groups is 4. The molecule has 0 bridgehead atoms. The fourth-order valence-electron chi connectivity index (χ4n) is 4.79. The van der Waals surface area contributed by atoms with E-state index in [0.717, 1.165) is 19.1 Å². The maximum atomic E-state index is 13.2. The quantitative estimate of drug-likeness (QED) is 0.220. The third kappa shape index (κ3) is 3.67. The topological polar surface area (TPSA) is 194 Å². The Morgan fingerprint density at radius 2 is 1.68 bits per heavy atom. The van der Waals surface area contributed by atoms with Crippen LogP contribution in [-0.4, -0.2) is 84.6 Å². The van der Waals surface area contributed by atoms with Crippen molar-refractivity contribution in [1.29, 1.82) is 0 Å². The van der Waals surface area contributed by atoms with E-state index in [4.69, 9.17) is 9.47 Å². The van der Waals surface area contributed by atoms with Gasteiger partial charge in [0.05, 0.1) is 30.4 Å². The van der Waals surface area contributed by atoms with Gasteiger partial charge in [0.25, 0.3) is 0 Å². The van der Waals surface area contributed by atoms with Crippen LogP contribution in [0.1, 0.15) is 45.5 Å². The summed E-state index contributed by atoms with van der Waals surface area (Å²) in [5.74, 6) is -4.32. The van der Waals surface area contributed by atoms with Crippen molar-refractivity contribution in [3.8, 4) is 17.2 Å². The number of benzene rings is 2. The first kappa shape index (κ1) is 23.9. The van der Waals surface area contributed by atoms with Gasteiger partial charge in [-0.1, -0.05) is 6.07 Å². The molecule has 1 fully saturated rings. The highest BCUT2D eigenvalue weighted by Crippen LogP contribution is 2.50. The van der Waals surface area contributed by atoms with Gasteiger partial charge in [0, 0.05) is 18.4 Å². The van der Waals surface area contributed by atoms with Gasteiger partial charge in [-0.05, 0) is 29.3 Å². The van der Waals surface area contributed by atoms with Crippen molar-refractivity contribution in [3.05, 3.63) is 52.1 Å². The van der Waals surface area contributed by atoms with E-state index in [1.807, 2.05) is 0 Å². The number of fused-ring (bicyclic) bond motifs is 2. The molecule has 182 valence electrons. The molecule has 1 aliphatic carbocycles. The third-order valence-electron chi connectivity index (χ3n) is 6.22. The fraction of sp³-hybridized carbons (Fsp3) is 0.391. The van der Waals surface area contributed by atoms with E-state index >= 15 is 0 Å². The van der Waals surface area contributed by atoms with Crippen LogP contribution in [-0.2, 0) is 20.9 Å². The van der Waals surface area contributed by atoms with Crippen LogP contribution < -0.4 is 0 Å². The minimum Gasteiger partial charge on any atom is -0.508 e. The minimum absolute atomic E-state index is 0.0566. The van der Waals surface area contributed by atoms with E-state index in [1.54, 1.807) is 0 Å². The summed E-state index contributed by atoms with van der Waals surface area (Å²) in [6, 6.07) is 4.76. The van der Waals surface area contributed by atoms with Crippen molar-refractivity contribution in [3.63, 3.8) is 0 Å². The van der Waals surface area contributed by atoms with E-state index in [1.165, 1.54) is 12.1 Å². The summed E-state index contributed by atoms with van der Waals surface area (Å²) in [5.41, 5.74) is -0.456. The molecule has 34 heavy (non-hydrogen) atoms. The molecule has 11 heteroatoms. The van der Waals surface area contributed by atoms with Crippen LogP contribution in [0.2, 0.25) is 0 Å². The predicted octanol–water partition coefficient (Wildman–Crippen LogP) is -0.615. The lowest BCUT2D eigenvalue weighted by molar-refractivity contribution is -0.240. The lowest BCUT2D eigenvalue weighted by Crippen LogP contribution is -2.61. The van der Waals surface area contributed by atoms with Crippen molar-refractivity contribution in [2.45, 2.75) is 50.0 Å². The molecule has 2 aromatic rings. The number of phenols is 3. The summed E-state index contributed by atoms with van der Waals surface area (Å²) in [7, 11) is 0. The van der Waals surface area contributed by atoms with Gasteiger partial charge in [0.1, 0.15) is 35.6 Å². The first-order valence-corrected chi connectivity index (χ1v) is 10.5. The van der Waals surface area contributed by atoms with Gasteiger partial charge < -0.3 is 45.2 Å². The highest BCUT2D eigenvalue weighted by molar-refractivity contribution is 6.16. The zero-order chi connectivity index (χ0) is 24.9. The Morgan fingerprint density at radius 1 is 1.00 bits per heavy atom. The van der Waals surface area contributed by atoms with Crippen molar-refractivity contribution >= 4 is 11.8 Å². The molecule has 1 aliphatic heterocycles. The lowest BCUT2D eigenvalue weighted by atomic mass is 9.71. The van der Waals surface area contributed by atoms with Crippen LogP contribution >= 0.6 is 0 Å². The number of aliphatic hydroxyl groups excluding tert-OH is 4. The number of hydrogen-bond acceptors (Lipinski definition) is 11. The van der Waals surface area contributed by atoms with Gasteiger partial charge in [0.15, 0.2) is 6.10 Å². The molecule has 4 rings (SSSR count). The molecule has 2 aliphatic rings. The summed E-state index contributed by atoms with van der Waals surface area (Å²) >= 11 is 0. The number of phenolic OH excluding ortho intramolecular Hbond substituents is 3. The summed E-state index contributed by atoms with van der Waals surface area (Å²) in [4.78, 5) is 24.9. The number of aromatic hydroxyl groups is 3.